The van der Waals surface area contributed by atoms with Gasteiger partial charge >= 0.3 is 0 Å². The maximum Gasteiger partial charge on any atom is 0.243 e. The summed E-state index contributed by atoms with van der Waals surface area (Å²) in [4.78, 5) is 2.46. The summed E-state index contributed by atoms with van der Waals surface area (Å²) in [6.45, 7) is 2.99. The number of nitrogens with zero attached hydrogens (tertiary/aromatic N) is 2. The topological polar surface area (TPSA) is 40.6 Å². The maximum absolute atomic E-state index is 12.7. The third-order valence-electron chi connectivity index (χ3n) is 4.12. The Balaban J connectivity index is 1.65. The number of sulfonamides is 1. The minimum absolute atomic E-state index is 0.245. The molecular formula is C17H18Cl2N2O2S. The van der Waals surface area contributed by atoms with E-state index in [1.165, 1.54) is 10.4 Å². The summed E-state index contributed by atoms with van der Waals surface area (Å²) in [7, 11) is -3.49. The van der Waals surface area contributed by atoms with Gasteiger partial charge in [-0.2, -0.15) is 4.31 Å². The van der Waals surface area contributed by atoms with E-state index in [0.29, 0.717) is 31.2 Å². The Morgan fingerprint density at radius 1 is 0.917 bits per heavy atom. The van der Waals surface area contributed by atoms with E-state index < -0.39 is 10.0 Å². The van der Waals surface area contributed by atoms with E-state index in [0.717, 1.165) is 17.1 Å². The van der Waals surface area contributed by atoms with Crippen LogP contribution in [0.15, 0.2) is 53.4 Å². The van der Waals surface area contributed by atoms with Crippen LogP contribution < -0.4 is 0 Å². The molecule has 2 aromatic rings. The molecule has 0 atom stereocenters. The number of hydrogen-bond acceptors (Lipinski definition) is 3. The minimum atomic E-state index is -3.49. The van der Waals surface area contributed by atoms with Crippen molar-refractivity contribution in [2.75, 3.05) is 26.2 Å². The van der Waals surface area contributed by atoms with Gasteiger partial charge in [-0.25, -0.2) is 8.42 Å². The average molecular weight is 385 g/mol. The molecule has 0 saturated carbocycles. The molecule has 0 aliphatic carbocycles. The molecule has 7 heteroatoms. The van der Waals surface area contributed by atoms with Crippen LogP contribution >= 0.6 is 23.2 Å². The fourth-order valence-electron chi connectivity index (χ4n) is 2.77. The fraction of sp³-hybridized carbons (Fsp3) is 0.294. The molecule has 0 amide bonds. The van der Waals surface area contributed by atoms with E-state index in [1.807, 2.05) is 24.3 Å². The van der Waals surface area contributed by atoms with Crippen molar-refractivity contribution in [3.05, 3.63) is 64.1 Å². The van der Waals surface area contributed by atoms with Crippen LogP contribution in [0.2, 0.25) is 10.0 Å². The van der Waals surface area contributed by atoms with Gasteiger partial charge < -0.3 is 0 Å². The summed E-state index contributed by atoms with van der Waals surface area (Å²) in [6.07, 6.45) is 0. The first-order chi connectivity index (χ1) is 11.5. The molecule has 4 nitrogen and oxygen atoms in total. The molecule has 1 aliphatic rings. The Morgan fingerprint density at radius 3 is 2.29 bits per heavy atom. The second-order valence-corrected chi connectivity index (χ2v) is 8.51. The quantitative estimate of drug-likeness (QED) is 0.809. The molecule has 1 aliphatic heterocycles. The van der Waals surface area contributed by atoms with Crippen molar-refractivity contribution in [3.63, 3.8) is 0 Å². The van der Waals surface area contributed by atoms with Gasteiger partial charge in [-0.05, 0) is 29.8 Å². The van der Waals surface area contributed by atoms with Gasteiger partial charge in [0.25, 0.3) is 0 Å². The van der Waals surface area contributed by atoms with Crippen molar-refractivity contribution in [2.45, 2.75) is 11.4 Å². The lowest BCUT2D eigenvalue weighted by molar-refractivity contribution is 0.181. The van der Waals surface area contributed by atoms with Crippen LogP contribution in [-0.2, 0) is 16.6 Å². The number of benzene rings is 2. The van der Waals surface area contributed by atoms with Gasteiger partial charge in [0.15, 0.2) is 0 Å². The molecule has 2 aromatic carbocycles. The average Bonchev–Trinajstić information content (AvgIpc) is 2.57. The van der Waals surface area contributed by atoms with E-state index in [4.69, 9.17) is 23.2 Å². The molecule has 128 valence electrons. The summed E-state index contributed by atoms with van der Waals surface area (Å²) in [5, 5.41) is 1.17. The highest BCUT2D eigenvalue weighted by molar-refractivity contribution is 7.89. The molecule has 0 bridgehead atoms. The van der Waals surface area contributed by atoms with Crippen LogP contribution in [0.4, 0.5) is 0 Å². The van der Waals surface area contributed by atoms with Gasteiger partial charge in [-0.15, -0.1) is 0 Å². The standard InChI is InChI=1S/C17H18Cl2N2O2S/c18-15-5-3-6-16(12-15)24(22,23)21-10-8-20(9-11-21)13-14-4-1-2-7-17(14)19/h1-7,12H,8-11,13H2. The summed E-state index contributed by atoms with van der Waals surface area (Å²) >= 11 is 12.1. The zero-order valence-corrected chi connectivity index (χ0v) is 15.4. The third kappa shape index (κ3) is 3.92. The molecule has 0 unspecified atom stereocenters. The molecule has 0 N–H and O–H groups in total. The minimum Gasteiger partial charge on any atom is -0.296 e. The van der Waals surface area contributed by atoms with Crippen molar-refractivity contribution >= 4 is 33.2 Å². The second-order valence-electron chi connectivity index (χ2n) is 5.73. The summed E-state index contributed by atoms with van der Waals surface area (Å²) in [5.74, 6) is 0. The lowest BCUT2D eigenvalue weighted by atomic mass is 10.2. The molecule has 0 spiro atoms. The van der Waals surface area contributed by atoms with Crippen LogP contribution in [0, 0.1) is 0 Å². The SMILES string of the molecule is O=S(=O)(c1cccc(Cl)c1)N1CCN(Cc2ccccc2Cl)CC1. The van der Waals surface area contributed by atoms with Gasteiger partial charge in [-0.3, -0.25) is 4.90 Å². The van der Waals surface area contributed by atoms with Crippen molar-refractivity contribution < 1.29 is 8.42 Å². The molecule has 0 aromatic heterocycles. The van der Waals surface area contributed by atoms with E-state index in [9.17, 15) is 8.42 Å². The smallest absolute Gasteiger partial charge is 0.243 e. The Bertz CT molecular complexity index is 819. The van der Waals surface area contributed by atoms with Gasteiger partial charge in [-0.1, -0.05) is 47.5 Å². The Morgan fingerprint density at radius 2 is 1.62 bits per heavy atom. The van der Waals surface area contributed by atoms with Crippen molar-refractivity contribution in [3.8, 4) is 0 Å². The Labute approximate surface area is 152 Å². The molecule has 1 heterocycles. The van der Waals surface area contributed by atoms with E-state index in [1.54, 1.807) is 18.2 Å². The number of halogens is 2. The maximum atomic E-state index is 12.7. The molecule has 3 rings (SSSR count). The van der Waals surface area contributed by atoms with E-state index in [2.05, 4.69) is 4.90 Å². The van der Waals surface area contributed by atoms with Crippen molar-refractivity contribution in [1.29, 1.82) is 0 Å². The first-order valence-electron chi connectivity index (χ1n) is 7.68. The predicted molar refractivity (Wildman–Crippen MR) is 96.9 cm³/mol. The van der Waals surface area contributed by atoms with Crippen LogP contribution in [0.25, 0.3) is 0 Å². The highest BCUT2D eigenvalue weighted by Crippen LogP contribution is 2.22. The van der Waals surface area contributed by atoms with Gasteiger partial charge in [0.05, 0.1) is 4.90 Å². The summed E-state index contributed by atoms with van der Waals surface area (Å²) in [5.41, 5.74) is 1.06. The van der Waals surface area contributed by atoms with Crippen molar-refractivity contribution in [2.24, 2.45) is 0 Å². The first kappa shape index (κ1) is 17.7. The highest BCUT2D eigenvalue weighted by Gasteiger charge is 2.28. The van der Waals surface area contributed by atoms with Crippen molar-refractivity contribution in [1.82, 2.24) is 9.21 Å². The highest BCUT2D eigenvalue weighted by atomic mass is 35.5. The van der Waals surface area contributed by atoms with Gasteiger partial charge in [0.1, 0.15) is 0 Å². The zero-order valence-electron chi connectivity index (χ0n) is 13.0. The molecule has 0 radical (unpaired) electrons. The first-order valence-corrected chi connectivity index (χ1v) is 9.88. The van der Waals surface area contributed by atoms with Crippen LogP contribution in [0.3, 0.4) is 0 Å². The monoisotopic (exact) mass is 384 g/mol. The number of hydrogen-bond donors (Lipinski definition) is 0. The van der Waals surface area contributed by atoms with Gasteiger partial charge in [0.2, 0.25) is 10.0 Å². The summed E-state index contributed by atoms with van der Waals surface area (Å²) in [6, 6.07) is 14.1. The molecular weight excluding hydrogens is 367 g/mol. The Kier molecular flexibility index (Phi) is 5.47. The van der Waals surface area contributed by atoms with Gasteiger partial charge in [0, 0.05) is 42.8 Å². The number of rotatable bonds is 4. The summed E-state index contributed by atoms with van der Waals surface area (Å²) < 4.78 is 26.9. The third-order valence-corrected chi connectivity index (χ3v) is 6.62. The van der Waals surface area contributed by atoms with Crippen LogP contribution in [-0.4, -0.2) is 43.8 Å². The molecule has 1 fully saturated rings. The largest absolute Gasteiger partial charge is 0.296 e. The van der Waals surface area contributed by atoms with E-state index in [-0.39, 0.29) is 4.90 Å². The van der Waals surface area contributed by atoms with E-state index >= 15 is 0 Å². The normalized spacial score (nSPS) is 17.1. The predicted octanol–water partition coefficient (Wildman–Crippen LogP) is 3.50. The molecule has 1 saturated heterocycles. The number of piperazine rings is 1. The zero-order chi connectivity index (χ0) is 17.2. The lowest BCUT2D eigenvalue weighted by Crippen LogP contribution is -2.48. The lowest BCUT2D eigenvalue weighted by Gasteiger charge is -2.34. The fourth-order valence-corrected chi connectivity index (χ4v) is 4.69. The molecule has 24 heavy (non-hydrogen) atoms. The van der Waals surface area contributed by atoms with Crippen LogP contribution in [0.1, 0.15) is 5.56 Å². The second kappa shape index (κ2) is 7.42. The Hall–Kier alpha value is -1.11. The van der Waals surface area contributed by atoms with Crippen LogP contribution in [0.5, 0.6) is 0 Å².